The fraction of sp³-hybridized carbons (Fsp3) is 0.231. The summed E-state index contributed by atoms with van der Waals surface area (Å²) in [5.74, 6) is 2.20. The van der Waals surface area contributed by atoms with Crippen LogP contribution in [0.1, 0.15) is 23.4 Å². The van der Waals surface area contributed by atoms with Gasteiger partial charge < -0.3 is 14.1 Å². The summed E-state index contributed by atoms with van der Waals surface area (Å²) in [4.78, 5) is 18.7. The molecule has 31 heavy (non-hydrogen) atoms. The Bertz CT molecular complexity index is 1190. The van der Waals surface area contributed by atoms with Crippen molar-refractivity contribution in [1.29, 1.82) is 0 Å². The number of nitrogens with zero attached hydrogens (tertiary/aromatic N) is 2. The van der Waals surface area contributed by atoms with E-state index in [1.54, 1.807) is 18.2 Å². The average Bonchev–Trinajstić information content (AvgIpc) is 3.26. The van der Waals surface area contributed by atoms with Crippen molar-refractivity contribution >= 4 is 16.7 Å². The van der Waals surface area contributed by atoms with Crippen LogP contribution in [-0.4, -0.2) is 29.9 Å². The molecule has 4 aromatic rings. The zero-order valence-electron chi connectivity index (χ0n) is 18.1. The first-order valence-electron chi connectivity index (χ1n) is 10.3. The van der Waals surface area contributed by atoms with E-state index in [1.807, 2.05) is 62.5 Å². The van der Waals surface area contributed by atoms with Crippen LogP contribution in [0, 0.1) is 6.92 Å². The van der Waals surface area contributed by atoms with Crippen LogP contribution in [0.4, 0.5) is 0 Å². The third-order valence-electron chi connectivity index (χ3n) is 5.40. The molecule has 0 bridgehead atoms. The van der Waals surface area contributed by atoms with E-state index in [2.05, 4.69) is 17.1 Å². The SMILES string of the molecule is COc1ccc2cc(CN(C)C(=O)CCc3ncc(-c4ccc(C)cc4)o3)ccc2c1. The lowest BCUT2D eigenvalue weighted by molar-refractivity contribution is -0.130. The number of amides is 1. The molecule has 0 atom stereocenters. The van der Waals surface area contributed by atoms with Gasteiger partial charge in [0.1, 0.15) is 5.75 Å². The molecule has 1 heterocycles. The highest BCUT2D eigenvalue weighted by Gasteiger charge is 2.13. The summed E-state index contributed by atoms with van der Waals surface area (Å²) in [6.45, 7) is 2.60. The summed E-state index contributed by atoms with van der Waals surface area (Å²) < 4.78 is 11.1. The third kappa shape index (κ3) is 4.94. The van der Waals surface area contributed by atoms with E-state index in [0.717, 1.165) is 33.4 Å². The molecule has 0 saturated carbocycles. The lowest BCUT2D eigenvalue weighted by Gasteiger charge is -2.17. The highest BCUT2D eigenvalue weighted by atomic mass is 16.5. The van der Waals surface area contributed by atoms with Crippen LogP contribution in [0.3, 0.4) is 0 Å². The second kappa shape index (κ2) is 9.04. The smallest absolute Gasteiger partial charge is 0.223 e. The van der Waals surface area contributed by atoms with E-state index in [-0.39, 0.29) is 5.91 Å². The highest BCUT2D eigenvalue weighted by molar-refractivity contribution is 5.84. The maximum absolute atomic E-state index is 12.6. The number of methoxy groups -OCH3 is 1. The van der Waals surface area contributed by atoms with Crippen LogP contribution in [-0.2, 0) is 17.8 Å². The van der Waals surface area contributed by atoms with Gasteiger partial charge in [-0.25, -0.2) is 4.98 Å². The Labute approximate surface area is 182 Å². The molecule has 0 radical (unpaired) electrons. The number of aromatic nitrogens is 1. The minimum Gasteiger partial charge on any atom is -0.497 e. The molecule has 3 aromatic carbocycles. The molecule has 0 N–H and O–H groups in total. The maximum atomic E-state index is 12.6. The van der Waals surface area contributed by atoms with Crippen molar-refractivity contribution in [2.24, 2.45) is 0 Å². The second-order valence-electron chi connectivity index (χ2n) is 7.78. The normalized spacial score (nSPS) is 10.9. The van der Waals surface area contributed by atoms with Crippen molar-refractivity contribution in [2.45, 2.75) is 26.3 Å². The minimum absolute atomic E-state index is 0.0601. The van der Waals surface area contributed by atoms with Gasteiger partial charge in [-0.05, 0) is 41.5 Å². The molecule has 4 rings (SSSR count). The molecule has 5 heteroatoms. The topological polar surface area (TPSA) is 55.6 Å². The first kappa shape index (κ1) is 20.7. The lowest BCUT2D eigenvalue weighted by atomic mass is 10.1. The van der Waals surface area contributed by atoms with Crippen LogP contribution in [0.2, 0.25) is 0 Å². The van der Waals surface area contributed by atoms with E-state index in [1.165, 1.54) is 5.56 Å². The predicted molar refractivity (Wildman–Crippen MR) is 122 cm³/mol. The van der Waals surface area contributed by atoms with E-state index < -0.39 is 0 Å². The molecule has 0 spiro atoms. The summed E-state index contributed by atoms with van der Waals surface area (Å²) in [6, 6.07) is 20.3. The second-order valence-corrected chi connectivity index (χ2v) is 7.78. The minimum atomic E-state index is 0.0601. The van der Waals surface area contributed by atoms with Gasteiger partial charge in [0.15, 0.2) is 11.7 Å². The first-order chi connectivity index (χ1) is 15.0. The number of ether oxygens (including phenoxy) is 1. The maximum Gasteiger partial charge on any atom is 0.223 e. The van der Waals surface area contributed by atoms with Gasteiger partial charge in [0.2, 0.25) is 5.91 Å². The summed E-state index contributed by atoms with van der Waals surface area (Å²) >= 11 is 0. The quantitative estimate of drug-likeness (QED) is 0.406. The van der Waals surface area contributed by atoms with Crippen molar-refractivity contribution in [3.05, 3.63) is 83.9 Å². The van der Waals surface area contributed by atoms with Crippen molar-refractivity contribution in [2.75, 3.05) is 14.2 Å². The van der Waals surface area contributed by atoms with Crippen molar-refractivity contribution < 1.29 is 13.9 Å². The molecular formula is C26H26N2O3. The average molecular weight is 415 g/mol. The van der Waals surface area contributed by atoms with Crippen LogP contribution in [0.5, 0.6) is 5.75 Å². The van der Waals surface area contributed by atoms with E-state index in [9.17, 15) is 4.79 Å². The third-order valence-corrected chi connectivity index (χ3v) is 5.40. The number of rotatable bonds is 7. The molecule has 0 fully saturated rings. The lowest BCUT2D eigenvalue weighted by Crippen LogP contribution is -2.26. The Morgan fingerprint density at radius 1 is 1.03 bits per heavy atom. The standard InChI is InChI=1S/C26H26N2O3/c1-18-4-7-20(8-5-18)24-16-27-25(31-24)12-13-26(29)28(2)17-19-6-9-22-15-23(30-3)11-10-21(22)14-19/h4-11,14-16H,12-13,17H2,1-3H3. The number of carbonyl (C=O) groups excluding carboxylic acids is 1. The molecule has 0 unspecified atom stereocenters. The molecule has 5 nitrogen and oxygen atoms in total. The Morgan fingerprint density at radius 3 is 2.55 bits per heavy atom. The molecule has 0 aliphatic rings. The molecular weight excluding hydrogens is 388 g/mol. The summed E-state index contributed by atoms with van der Waals surface area (Å²) in [7, 11) is 3.49. The monoisotopic (exact) mass is 414 g/mol. The van der Waals surface area contributed by atoms with Crippen molar-refractivity contribution in [3.63, 3.8) is 0 Å². The zero-order valence-corrected chi connectivity index (χ0v) is 18.1. The number of oxazole rings is 1. The Balaban J connectivity index is 1.34. The van der Waals surface area contributed by atoms with E-state index >= 15 is 0 Å². The van der Waals surface area contributed by atoms with Crippen LogP contribution >= 0.6 is 0 Å². The number of aryl methyl sites for hydroxylation is 2. The molecule has 1 amide bonds. The summed E-state index contributed by atoms with van der Waals surface area (Å²) in [5, 5.41) is 2.24. The molecule has 0 aliphatic carbocycles. The molecule has 0 saturated heterocycles. The van der Waals surface area contributed by atoms with E-state index in [0.29, 0.717) is 25.3 Å². The van der Waals surface area contributed by atoms with Crippen LogP contribution in [0.15, 0.2) is 71.3 Å². The number of benzene rings is 3. The molecule has 0 aliphatic heterocycles. The predicted octanol–water partition coefficient (Wildman–Crippen LogP) is 5.40. The molecule has 158 valence electrons. The van der Waals surface area contributed by atoms with Gasteiger partial charge in [0, 0.05) is 32.0 Å². The van der Waals surface area contributed by atoms with Crippen LogP contribution < -0.4 is 4.74 Å². The van der Waals surface area contributed by atoms with Gasteiger partial charge in [-0.1, -0.05) is 48.0 Å². The van der Waals surface area contributed by atoms with Gasteiger partial charge in [0.25, 0.3) is 0 Å². The number of hydrogen-bond acceptors (Lipinski definition) is 4. The van der Waals surface area contributed by atoms with Crippen molar-refractivity contribution in [3.8, 4) is 17.1 Å². The van der Waals surface area contributed by atoms with Gasteiger partial charge in [0.05, 0.1) is 13.3 Å². The molecule has 1 aromatic heterocycles. The number of carbonyl (C=O) groups is 1. The van der Waals surface area contributed by atoms with Gasteiger partial charge in [-0.2, -0.15) is 0 Å². The Morgan fingerprint density at radius 2 is 1.77 bits per heavy atom. The van der Waals surface area contributed by atoms with Gasteiger partial charge in [-0.3, -0.25) is 4.79 Å². The number of fused-ring (bicyclic) bond motifs is 1. The van der Waals surface area contributed by atoms with Gasteiger partial charge >= 0.3 is 0 Å². The van der Waals surface area contributed by atoms with Crippen LogP contribution in [0.25, 0.3) is 22.1 Å². The largest absolute Gasteiger partial charge is 0.497 e. The highest BCUT2D eigenvalue weighted by Crippen LogP contribution is 2.23. The first-order valence-corrected chi connectivity index (χ1v) is 10.3. The summed E-state index contributed by atoms with van der Waals surface area (Å²) in [6.07, 6.45) is 2.56. The van der Waals surface area contributed by atoms with E-state index in [4.69, 9.17) is 9.15 Å². The number of hydrogen-bond donors (Lipinski definition) is 0. The zero-order chi connectivity index (χ0) is 21.8. The van der Waals surface area contributed by atoms with Crippen molar-refractivity contribution in [1.82, 2.24) is 9.88 Å². The fourth-order valence-corrected chi connectivity index (χ4v) is 3.54. The van der Waals surface area contributed by atoms with Gasteiger partial charge in [-0.15, -0.1) is 0 Å². The Hall–Kier alpha value is -3.60. The fourth-order valence-electron chi connectivity index (χ4n) is 3.54. The Kier molecular flexibility index (Phi) is 6.03. The summed E-state index contributed by atoms with van der Waals surface area (Å²) in [5.41, 5.74) is 3.27.